The summed E-state index contributed by atoms with van der Waals surface area (Å²) >= 11 is 6.03. The molecule has 0 aliphatic rings. The standard InChI is InChI=1S/C18H20ClFN2O4/c1-9(2)10(3)21-14(23)8-25-18(24)15-11(4)26-22-17(15)16-12(19)6-5-7-13(16)20/h5-7,9-10H,8H2,1-4H3,(H,21,23)/t10-/m0/s1. The maximum Gasteiger partial charge on any atom is 0.344 e. The second-order valence-corrected chi connectivity index (χ2v) is 6.64. The molecule has 1 aromatic heterocycles. The first kappa shape index (κ1) is 19.9. The molecule has 26 heavy (non-hydrogen) atoms. The summed E-state index contributed by atoms with van der Waals surface area (Å²) in [5.74, 6) is -1.54. The Labute approximate surface area is 155 Å². The fraction of sp³-hybridized carbons (Fsp3) is 0.389. The molecule has 2 aromatic rings. The van der Waals surface area contributed by atoms with Crippen molar-refractivity contribution in [2.45, 2.75) is 33.7 Å². The van der Waals surface area contributed by atoms with Gasteiger partial charge in [0.15, 0.2) is 6.61 Å². The van der Waals surface area contributed by atoms with E-state index in [4.69, 9.17) is 20.9 Å². The van der Waals surface area contributed by atoms with Gasteiger partial charge in [0.2, 0.25) is 0 Å². The predicted octanol–water partition coefficient (Wildman–Crippen LogP) is 3.76. The molecule has 0 aliphatic heterocycles. The van der Waals surface area contributed by atoms with Crippen LogP contribution in [0.25, 0.3) is 11.3 Å². The topological polar surface area (TPSA) is 81.4 Å². The third-order valence-electron chi connectivity index (χ3n) is 3.99. The molecule has 1 atom stereocenters. The van der Waals surface area contributed by atoms with Crippen molar-refractivity contribution >= 4 is 23.5 Å². The van der Waals surface area contributed by atoms with Crippen LogP contribution >= 0.6 is 11.6 Å². The monoisotopic (exact) mass is 382 g/mol. The first-order chi connectivity index (χ1) is 12.2. The number of benzene rings is 1. The van der Waals surface area contributed by atoms with E-state index in [1.54, 1.807) is 0 Å². The number of aromatic nitrogens is 1. The van der Waals surface area contributed by atoms with Gasteiger partial charge in [-0.15, -0.1) is 0 Å². The van der Waals surface area contributed by atoms with E-state index in [0.29, 0.717) is 0 Å². The highest BCUT2D eigenvalue weighted by Gasteiger charge is 2.27. The van der Waals surface area contributed by atoms with Crippen LogP contribution in [0.4, 0.5) is 4.39 Å². The molecule has 0 saturated heterocycles. The maximum absolute atomic E-state index is 14.1. The van der Waals surface area contributed by atoms with Crippen molar-refractivity contribution in [1.82, 2.24) is 10.5 Å². The minimum absolute atomic E-state index is 0.0594. The number of carbonyl (C=O) groups is 2. The van der Waals surface area contributed by atoms with Crippen molar-refractivity contribution in [2.24, 2.45) is 5.92 Å². The zero-order valence-corrected chi connectivity index (χ0v) is 15.7. The third-order valence-corrected chi connectivity index (χ3v) is 4.30. The van der Waals surface area contributed by atoms with Crippen molar-refractivity contribution in [1.29, 1.82) is 0 Å². The number of hydrogen-bond donors (Lipinski definition) is 1. The van der Waals surface area contributed by atoms with E-state index >= 15 is 0 Å². The lowest BCUT2D eigenvalue weighted by molar-refractivity contribution is -0.125. The molecule has 6 nitrogen and oxygen atoms in total. The molecule has 1 heterocycles. The van der Waals surface area contributed by atoms with E-state index < -0.39 is 24.3 Å². The van der Waals surface area contributed by atoms with Gasteiger partial charge in [0.25, 0.3) is 5.91 Å². The quantitative estimate of drug-likeness (QED) is 0.769. The lowest BCUT2D eigenvalue weighted by atomic mass is 10.1. The Morgan fingerprint density at radius 2 is 2.04 bits per heavy atom. The van der Waals surface area contributed by atoms with Gasteiger partial charge in [-0.2, -0.15) is 0 Å². The number of carbonyl (C=O) groups excluding carboxylic acids is 2. The van der Waals surface area contributed by atoms with E-state index in [0.717, 1.165) is 0 Å². The zero-order valence-electron chi connectivity index (χ0n) is 14.9. The number of hydrogen-bond acceptors (Lipinski definition) is 5. The largest absolute Gasteiger partial charge is 0.452 e. The number of aryl methyl sites for hydroxylation is 1. The van der Waals surface area contributed by atoms with Crippen LogP contribution in [-0.2, 0) is 9.53 Å². The Morgan fingerprint density at radius 3 is 2.65 bits per heavy atom. The van der Waals surface area contributed by atoms with Crippen molar-refractivity contribution in [3.63, 3.8) is 0 Å². The SMILES string of the molecule is Cc1onc(-c2c(F)cccc2Cl)c1C(=O)OCC(=O)N[C@@H](C)C(C)C. The van der Waals surface area contributed by atoms with Gasteiger partial charge in [0.05, 0.1) is 10.6 Å². The number of nitrogens with one attached hydrogen (secondary N) is 1. The molecule has 0 fully saturated rings. The molecule has 0 bridgehead atoms. The predicted molar refractivity (Wildman–Crippen MR) is 94.4 cm³/mol. The Kier molecular flexibility index (Phi) is 6.37. The lowest BCUT2D eigenvalue weighted by Gasteiger charge is -2.17. The molecule has 140 valence electrons. The van der Waals surface area contributed by atoms with Crippen LogP contribution < -0.4 is 5.32 Å². The number of nitrogens with zero attached hydrogens (tertiary/aromatic N) is 1. The summed E-state index contributed by atoms with van der Waals surface area (Å²) in [7, 11) is 0. The number of rotatable bonds is 6. The van der Waals surface area contributed by atoms with Gasteiger partial charge < -0.3 is 14.6 Å². The summed E-state index contributed by atoms with van der Waals surface area (Å²) in [5.41, 5.74) is -0.191. The molecule has 2 rings (SSSR count). The van der Waals surface area contributed by atoms with Gasteiger partial charge >= 0.3 is 5.97 Å². The molecule has 0 aliphatic carbocycles. The first-order valence-electron chi connectivity index (χ1n) is 8.09. The Morgan fingerprint density at radius 1 is 1.35 bits per heavy atom. The smallest absolute Gasteiger partial charge is 0.344 e. The molecule has 1 aromatic carbocycles. The molecular formula is C18H20ClFN2O4. The van der Waals surface area contributed by atoms with E-state index in [1.807, 2.05) is 20.8 Å². The summed E-state index contributed by atoms with van der Waals surface area (Å²) in [4.78, 5) is 24.3. The minimum Gasteiger partial charge on any atom is -0.452 e. The second-order valence-electron chi connectivity index (χ2n) is 6.24. The molecule has 8 heteroatoms. The first-order valence-corrected chi connectivity index (χ1v) is 8.47. The van der Waals surface area contributed by atoms with E-state index in [1.165, 1.54) is 25.1 Å². The Hall–Kier alpha value is -2.41. The summed E-state index contributed by atoms with van der Waals surface area (Å²) in [6.07, 6.45) is 0. The van der Waals surface area contributed by atoms with Crippen molar-refractivity contribution in [3.05, 3.63) is 40.4 Å². The van der Waals surface area contributed by atoms with Crippen LogP contribution in [0.15, 0.2) is 22.7 Å². The Balaban J connectivity index is 2.18. The number of amides is 1. The van der Waals surface area contributed by atoms with Crippen LogP contribution in [0, 0.1) is 18.7 Å². The molecular weight excluding hydrogens is 363 g/mol. The van der Waals surface area contributed by atoms with Crippen LogP contribution in [0.3, 0.4) is 0 Å². The van der Waals surface area contributed by atoms with Gasteiger partial charge in [-0.3, -0.25) is 4.79 Å². The van der Waals surface area contributed by atoms with Crippen molar-refractivity contribution in [2.75, 3.05) is 6.61 Å². The molecule has 0 radical (unpaired) electrons. The van der Waals surface area contributed by atoms with E-state index in [2.05, 4.69) is 10.5 Å². The summed E-state index contributed by atoms with van der Waals surface area (Å²) < 4.78 is 24.2. The normalized spacial score (nSPS) is 12.1. The van der Waals surface area contributed by atoms with Gasteiger partial charge in [-0.1, -0.05) is 36.7 Å². The fourth-order valence-corrected chi connectivity index (χ4v) is 2.43. The summed E-state index contributed by atoms with van der Waals surface area (Å²) in [5, 5.41) is 6.53. The second kappa shape index (κ2) is 8.31. The lowest BCUT2D eigenvalue weighted by Crippen LogP contribution is -2.38. The van der Waals surface area contributed by atoms with Crippen molar-refractivity contribution in [3.8, 4) is 11.3 Å². The maximum atomic E-state index is 14.1. The highest BCUT2D eigenvalue weighted by Crippen LogP contribution is 2.33. The van der Waals surface area contributed by atoms with Gasteiger partial charge in [0.1, 0.15) is 22.8 Å². The number of esters is 1. The van der Waals surface area contributed by atoms with Gasteiger partial charge in [0, 0.05) is 6.04 Å². The molecule has 1 amide bonds. The van der Waals surface area contributed by atoms with Crippen LogP contribution in [0.2, 0.25) is 5.02 Å². The average molecular weight is 383 g/mol. The fourth-order valence-electron chi connectivity index (χ4n) is 2.17. The van der Waals surface area contributed by atoms with Gasteiger partial charge in [-0.05, 0) is 31.9 Å². The van der Waals surface area contributed by atoms with E-state index in [9.17, 15) is 14.0 Å². The average Bonchev–Trinajstić information content (AvgIpc) is 2.93. The molecule has 0 saturated carbocycles. The third kappa shape index (κ3) is 4.40. The van der Waals surface area contributed by atoms with E-state index in [-0.39, 0.29) is 39.6 Å². The summed E-state index contributed by atoms with van der Waals surface area (Å²) in [6, 6.07) is 4.04. The highest BCUT2D eigenvalue weighted by molar-refractivity contribution is 6.33. The molecule has 1 N–H and O–H groups in total. The molecule has 0 spiro atoms. The van der Waals surface area contributed by atoms with Gasteiger partial charge in [-0.25, -0.2) is 9.18 Å². The van der Waals surface area contributed by atoms with Crippen LogP contribution in [0.5, 0.6) is 0 Å². The van der Waals surface area contributed by atoms with Crippen LogP contribution in [0.1, 0.15) is 36.9 Å². The Bertz CT molecular complexity index is 799. The van der Waals surface area contributed by atoms with Crippen molar-refractivity contribution < 1.29 is 23.2 Å². The zero-order chi connectivity index (χ0) is 19.4. The minimum atomic E-state index is -0.842. The highest BCUT2D eigenvalue weighted by atomic mass is 35.5. The number of ether oxygens (including phenoxy) is 1. The van der Waals surface area contributed by atoms with Crippen LogP contribution in [-0.4, -0.2) is 29.7 Å². The number of halogens is 2. The molecule has 0 unspecified atom stereocenters. The summed E-state index contributed by atoms with van der Waals surface area (Å²) in [6.45, 7) is 6.80.